The smallest absolute Gasteiger partial charge is 0.254 e. The van der Waals surface area contributed by atoms with Crippen LogP contribution in [0.3, 0.4) is 0 Å². The number of aliphatic hydroxyl groups is 1. The van der Waals surface area contributed by atoms with E-state index >= 15 is 0 Å². The Labute approximate surface area is 116 Å². The van der Waals surface area contributed by atoms with E-state index < -0.39 is 42.5 Å². The monoisotopic (exact) mass is 289 g/mol. The molecule has 2 saturated heterocycles. The second-order valence-electron chi connectivity index (χ2n) is 4.79. The minimum absolute atomic E-state index is 0.120. The molecule has 0 radical (unpaired) electrons. The van der Waals surface area contributed by atoms with Gasteiger partial charge in [-0.05, 0) is 6.92 Å². The molecule has 0 aromatic heterocycles. The fourth-order valence-corrected chi connectivity index (χ4v) is 2.37. The van der Waals surface area contributed by atoms with Gasteiger partial charge >= 0.3 is 0 Å². The summed E-state index contributed by atoms with van der Waals surface area (Å²) >= 11 is 0. The molecular weight excluding hydrogens is 270 g/mol. The van der Waals surface area contributed by atoms with Gasteiger partial charge in [-0.3, -0.25) is 9.59 Å². The standard InChI is InChI=1S/C12H19NO7/c1-6-9(16)10(17-2)11(18-3)12(19-6)20-13-7(14)4-5-8(13)15/h6,9-12,16H,4-5H2,1-3H3/t6-,9-,10+,11+,12?/m0/s1. The molecule has 2 heterocycles. The first kappa shape index (κ1) is 15.3. The van der Waals surface area contributed by atoms with E-state index in [9.17, 15) is 14.7 Å². The highest BCUT2D eigenvalue weighted by molar-refractivity contribution is 6.00. The summed E-state index contributed by atoms with van der Waals surface area (Å²) in [6.07, 6.45) is -3.67. The van der Waals surface area contributed by atoms with Crippen molar-refractivity contribution < 1.29 is 33.7 Å². The van der Waals surface area contributed by atoms with Gasteiger partial charge in [0.15, 0.2) is 0 Å². The van der Waals surface area contributed by atoms with Crippen molar-refractivity contribution in [3.63, 3.8) is 0 Å². The molecule has 114 valence electrons. The Morgan fingerprint density at radius 1 is 1.15 bits per heavy atom. The third-order valence-corrected chi connectivity index (χ3v) is 3.52. The molecule has 5 atom stereocenters. The van der Waals surface area contributed by atoms with Crippen LogP contribution >= 0.6 is 0 Å². The number of hydrogen-bond acceptors (Lipinski definition) is 7. The summed E-state index contributed by atoms with van der Waals surface area (Å²) in [4.78, 5) is 28.4. The molecular formula is C12H19NO7. The van der Waals surface area contributed by atoms with Crippen LogP contribution < -0.4 is 0 Å². The second kappa shape index (κ2) is 6.15. The van der Waals surface area contributed by atoms with Crippen LogP contribution in [0.25, 0.3) is 0 Å². The maximum absolute atomic E-state index is 11.6. The minimum Gasteiger partial charge on any atom is -0.388 e. The van der Waals surface area contributed by atoms with Crippen LogP contribution in [-0.4, -0.2) is 66.9 Å². The van der Waals surface area contributed by atoms with Gasteiger partial charge in [-0.25, -0.2) is 4.84 Å². The Morgan fingerprint density at radius 2 is 1.70 bits per heavy atom. The zero-order valence-corrected chi connectivity index (χ0v) is 11.6. The normalized spacial score (nSPS) is 38.6. The number of hydrogen-bond donors (Lipinski definition) is 1. The van der Waals surface area contributed by atoms with Crippen LogP contribution in [0.2, 0.25) is 0 Å². The molecule has 20 heavy (non-hydrogen) atoms. The Morgan fingerprint density at radius 3 is 2.20 bits per heavy atom. The summed E-state index contributed by atoms with van der Waals surface area (Å²) in [7, 11) is 2.84. The van der Waals surface area contributed by atoms with Crippen molar-refractivity contribution in [3.8, 4) is 0 Å². The van der Waals surface area contributed by atoms with Crippen LogP contribution in [0.4, 0.5) is 0 Å². The SMILES string of the molecule is CO[C@@H]1[C@@H](O)[C@H](C)OC(ON2C(=O)CCC2=O)[C@@H]1OC. The van der Waals surface area contributed by atoms with Crippen molar-refractivity contribution in [3.05, 3.63) is 0 Å². The molecule has 0 spiro atoms. The van der Waals surface area contributed by atoms with Crippen LogP contribution in [0.1, 0.15) is 19.8 Å². The molecule has 8 heteroatoms. The molecule has 2 fully saturated rings. The lowest BCUT2D eigenvalue weighted by atomic mass is 9.99. The Hall–Kier alpha value is -1.06. The van der Waals surface area contributed by atoms with Gasteiger partial charge in [-0.1, -0.05) is 0 Å². The molecule has 0 saturated carbocycles. The lowest BCUT2D eigenvalue weighted by molar-refractivity contribution is -0.344. The molecule has 2 amide bonds. The number of rotatable bonds is 4. The molecule has 0 aliphatic carbocycles. The molecule has 2 aliphatic rings. The van der Waals surface area contributed by atoms with Crippen molar-refractivity contribution >= 4 is 11.8 Å². The van der Waals surface area contributed by atoms with E-state index in [1.54, 1.807) is 6.92 Å². The zero-order chi connectivity index (χ0) is 14.9. The molecule has 0 aromatic carbocycles. The predicted octanol–water partition coefficient (Wildman–Crippen LogP) is -0.797. The number of aliphatic hydroxyl groups excluding tert-OH is 1. The quantitative estimate of drug-likeness (QED) is 0.677. The average molecular weight is 289 g/mol. The van der Waals surface area contributed by atoms with Crippen LogP contribution in [0.5, 0.6) is 0 Å². The maximum atomic E-state index is 11.6. The van der Waals surface area contributed by atoms with Gasteiger partial charge in [0, 0.05) is 27.1 Å². The Kier molecular flexibility index (Phi) is 4.71. The van der Waals surface area contributed by atoms with E-state index in [1.165, 1.54) is 14.2 Å². The summed E-state index contributed by atoms with van der Waals surface area (Å²) in [6.45, 7) is 1.65. The number of carbonyl (C=O) groups excluding carboxylic acids is 2. The number of ether oxygens (including phenoxy) is 3. The molecule has 1 unspecified atom stereocenters. The summed E-state index contributed by atoms with van der Waals surface area (Å²) in [5.74, 6) is -0.831. The highest BCUT2D eigenvalue weighted by atomic mass is 16.8. The van der Waals surface area contributed by atoms with Crippen molar-refractivity contribution in [2.24, 2.45) is 0 Å². The van der Waals surface area contributed by atoms with Crippen molar-refractivity contribution in [2.75, 3.05) is 14.2 Å². The van der Waals surface area contributed by atoms with Gasteiger partial charge in [0.2, 0.25) is 6.29 Å². The fraction of sp³-hybridized carbons (Fsp3) is 0.833. The third kappa shape index (κ3) is 2.70. The zero-order valence-electron chi connectivity index (χ0n) is 11.6. The summed E-state index contributed by atoms with van der Waals surface area (Å²) in [5.41, 5.74) is 0. The number of imide groups is 1. The molecule has 2 aliphatic heterocycles. The van der Waals surface area contributed by atoms with Gasteiger partial charge in [0.25, 0.3) is 11.8 Å². The first-order chi connectivity index (χ1) is 9.49. The maximum Gasteiger partial charge on any atom is 0.254 e. The van der Waals surface area contributed by atoms with E-state index in [1.807, 2.05) is 0 Å². The molecule has 0 aromatic rings. The van der Waals surface area contributed by atoms with Crippen molar-refractivity contribution in [1.82, 2.24) is 5.06 Å². The van der Waals surface area contributed by atoms with Crippen LogP contribution in [-0.2, 0) is 28.6 Å². The number of hydroxylamine groups is 2. The first-order valence-corrected chi connectivity index (χ1v) is 6.41. The summed E-state index contributed by atoms with van der Waals surface area (Å²) in [5, 5.41) is 10.7. The topological polar surface area (TPSA) is 94.5 Å². The van der Waals surface area contributed by atoms with E-state index in [0.29, 0.717) is 5.06 Å². The second-order valence-corrected chi connectivity index (χ2v) is 4.79. The van der Waals surface area contributed by atoms with Crippen LogP contribution in [0, 0.1) is 0 Å². The van der Waals surface area contributed by atoms with Crippen molar-refractivity contribution in [1.29, 1.82) is 0 Å². The third-order valence-electron chi connectivity index (χ3n) is 3.52. The van der Waals surface area contributed by atoms with E-state index in [0.717, 1.165) is 0 Å². The minimum atomic E-state index is -1.01. The number of carbonyl (C=O) groups is 2. The average Bonchev–Trinajstić information content (AvgIpc) is 2.74. The van der Waals surface area contributed by atoms with Gasteiger partial charge in [-0.15, -0.1) is 0 Å². The molecule has 2 rings (SSSR count). The van der Waals surface area contributed by atoms with Gasteiger partial charge < -0.3 is 19.3 Å². The Bertz CT molecular complexity index is 372. The molecule has 1 N–H and O–H groups in total. The number of nitrogens with zero attached hydrogens (tertiary/aromatic N) is 1. The highest BCUT2D eigenvalue weighted by Crippen LogP contribution is 2.27. The fourth-order valence-electron chi connectivity index (χ4n) is 2.37. The lowest BCUT2D eigenvalue weighted by Gasteiger charge is -2.42. The van der Waals surface area contributed by atoms with Gasteiger partial charge in [-0.2, -0.15) is 5.06 Å². The number of methoxy groups -OCH3 is 2. The largest absolute Gasteiger partial charge is 0.388 e. The predicted molar refractivity (Wildman–Crippen MR) is 64.1 cm³/mol. The lowest BCUT2D eigenvalue weighted by Crippen LogP contribution is -2.60. The molecule has 0 bridgehead atoms. The van der Waals surface area contributed by atoms with Crippen molar-refractivity contribution in [2.45, 2.75) is 50.5 Å². The van der Waals surface area contributed by atoms with E-state index in [2.05, 4.69) is 0 Å². The first-order valence-electron chi connectivity index (χ1n) is 6.41. The summed E-state index contributed by atoms with van der Waals surface area (Å²) in [6, 6.07) is 0. The Balaban J connectivity index is 2.12. The highest BCUT2D eigenvalue weighted by Gasteiger charge is 2.47. The van der Waals surface area contributed by atoms with E-state index in [-0.39, 0.29) is 12.8 Å². The van der Waals surface area contributed by atoms with E-state index in [4.69, 9.17) is 19.0 Å². The van der Waals surface area contributed by atoms with Gasteiger partial charge in [0.1, 0.15) is 18.3 Å². The van der Waals surface area contributed by atoms with Crippen LogP contribution in [0.15, 0.2) is 0 Å². The van der Waals surface area contributed by atoms with Gasteiger partial charge in [0.05, 0.1) is 6.10 Å². The number of amides is 2. The molecule has 8 nitrogen and oxygen atoms in total. The summed E-state index contributed by atoms with van der Waals surface area (Å²) < 4.78 is 15.9.